The van der Waals surface area contributed by atoms with Gasteiger partial charge in [-0.15, -0.1) is 0 Å². The summed E-state index contributed by atoms with van der Waals surface area (Å²) < 4.78 is 52.8. The molecular formula is C25H33F4NO2. The molecule has 0 spiro atoms. The van der Waals surface area contributed by atoms with Crippen LogP contribution in [0.3, 0.4) is 0 Å². The van der Waals surface area contributed by atoms with Crippen molar-refractivity contribution >= 4 is 0 Å². The number of hydrogen-bond acceptors (Lipinski definition) is 3. The molecule has 2 aromatic rings. The van der Waals surface area contributed by atoms with Gasteiger partial charge in [-0.25, -0.2) is 4.39 Å². The molecule has 2 N–H and O–H groups in total. The molecule has 0 aliphatic heterocycles. The van der Waals surface area contributed by atoms with Gasteiger partial charge >= 0.3 is 6.18 Å². The number of hydrogen-bond donors (Lipinski definition) is 2. The minimum absolute atomic E-state index is 0.0119. The first-order chi connectivity index (χ1) is 14.7. The standard InChI is InChI=1S/C23H27F4NO2.C2H6/c1-11(2)20-19(12(3)18-16(28-20)9-22(4,5)10-17(18)29)21(30)13-6-7-14(15(24)8-13)23(25,26)27;1-2/h6-8,11,17,21,29-30H,9-10H2,1-5H3;1-2H3/t17?,21-;/m0./s1. The predicted molar refractivity (Wildman–Crippen MR) is 117 cm³/mol. The number of aromatic nitrogens is 1. The van der Waals surface area contributed by atoms with E-state index in [9.17, 15) is 27.8 Å². The van der Waals surface area contributed by atoms with Gasteiger partial charge < -0.3 is 10.2 Å². The summed E-state index contributed by atoms with van der Waals surface area (Å²) in [6.07, 6.45) is -5.72. The van der Waals surface area contributed by atoms with E-state index in [1.807, 2.05) is 27.7 Å². The second-order valence-corrected chi connectivity index (χ2v) is 9.25. The summed E-state index contributed by atoms with van der Waals surface area (Å²) in [5.41, 5.74) is 1.61. The second-order valence-electron chi connectivity index (χ2n) is 9.25. The third-order valence-electron chi connectivity index (χ3n) is 5.81. The monoisotopic (exact) mass is 455 g/mol. The van der Waals surface area contributed by atoms with Crippen molar-refractivity contribution in [1.29, 1.82) is 0 Å². The Morgan fingerprint density at radius 1 is 1.16 bits per heavy atom. The fourth-order valence-corrected chi connectivity index (χ4v) is 4.43. The zero-order valence-corrected chi connectivity index (χ0v) is 19.7. The fourth-order valence-electron chi connectivity index (χ4n) is 4.43. The maximum absolute atomic E-state index is 14.1. The van der Waals surface area contributed by atoms with Gasteiger partial charge in [0.25, 0.3) is 0 Å². The van der Waals surface area contributed by atoms with Crippen LogP contribution in [-0.4, -0.2) is 15.2 Å². The largest absolute Gasteiger partial charge is 0.419 e. The molecule has 0 bridgehead atoms. The van der Waals surface area contributed by atoms with Gasteiger partial charge in [-0.1, -0.05) is 47.6 Å². The molecule has 2 atom stereocenters. The molecule has 32 heavy (non-hydrogen) atoms. The number of halogens is 4. The average Bonchev–Trinajstić information content (AvgIpc) is 2.66. The molecule has 3 rings (SSSR count). The van der Waals surface area contributed by atoms with Crippen molar-refractivity contribution in [2.45, 2.75) is 85.6 Å². The third-order valence-corrected chi connectivity index (χ3v) is 5.81. The normalized spacial score (nSPS) is 18.6. The molecule has 178 valence electrons. The predicted octanol–water partition coefficient (Wildman–Crippen LogP) is 6.79. The summed E-state index contributed by atoms with van der Waals surface area (Å²) in [5.74, 6) is -1.52. The highest BCUT2D eigenvalue weighted by atomic mass is 19.4. The van der Waals surface area contributed by atoms with Crippen LogP contribution in [0.1, 0.15) is 105 Å². The fraction of sp³-hybridized carbons (Fsp3) is 0.560. The van der Waals surface area contributed by atoms with Gasteiger partial charge in [-0.3, -0.25) is 4.98 Å². The Bertz CT molecular complexity index is 967. The smallest absolute Gasteiger partial charge is 0.388 e. The van der Waals surface area contributed by atoms with Crippen LogP contribution in [-0.2, 0) is 12.6 Å². The van der Waals surface area contributed by atoms with Gasteiger partial charge in [0, 0.05) is 22.5 Å². The number of nitrogens with zero attached hydrogens (tertiary/aromatic N) is 1. The maximum atomic E-state index is 14.1. The summed E-state index contributed by atoms with van der Waals surface area (Å²) >= 11 is 0. The van der Waals surface area contributed by atoms with Crippen molar-refractivity contribution in [3.63, 3.8) is 0 Å². The van der Waals surface area contributed by atoms with Gasteiger partial charge in [-0.05, 0) is 54.4 Å². The molecule has 0 saturated carbocycles. The van der Waals surface area contributed by atoms with Crippen LogP contribution in [0, 0.1) is 18.2 Å². The molecule has 0 radical (unpaired) electrons. The number of alkyl halides is 3. The molecule has 1 aromatic carbocycles. The van der Waals surface area contributed by atoms with Crippen molar-refractivity contribution in [3.8, 4) is 0 Å². The summed E-state index contributed by atoms with van der Waals surface area (Å²) in [6.45, 7) is 13.7. The summed E-state index contributed by atoms with van der Waals surface area (Å²) in [5, 5.41) is 21.8. The molecule has 1 aliphatic carbocycles. The second kappa shape index (κ2) is 9.48. The first kappa shape index (κ1) is 26.3. The zero-order valence-electron chi connectivity index (χ0n) is 19.7. The highest BCUT2D eigenvalue weighted by Crippen LogP contribution is 2.45. The van der Waals surface area contributed by atoms with Crippen molar-refractivity contribution in [3.05, 3.63) is 63.2 Å². The van der Waals surface area contributed by atoms with Crippen molar-refractivity contribution in [1.82, 2.24) is 4.98 Å². The van der Waals surface area contributed by atoms with E-state index < -0.39 is 29.8 Å². The highest BCUT2D eigenvalue weighted by Gasteiger charge is 2.37. The number of rotatable bonds is 3. The minimum Gasteiger partial charge on any atom is -0.388 e. The molecule has 1 heterocycles. The van der Waals surface area contributed by atoms with E-state index in [1.165, 1.54) is 0 Å². The van der Waals surface area contributed by atoms with E-state index in [2.05, 4.69) is 13.8 Å². The lowest BCUT2D eigenvalue weighted by atomic mass is 9.72. The van der Waals surface area contributed by atoms with Gasteiger partial charge in [0.15, 0.2) is 0 Å². The van der Waals surface area contributed by atoms with Crippen molar-refractivity contribution < 1.29 is 27.8 Å². The van der Waals surface area contributed by atoms with E-state index in [0.717, 1.165) is 17.8 Å². The van der Waals surface area contributed by atoms with E-state index in [-0.39, 0.29) is 16.9 Å². The van der Waals surface area contributed by atoms with Gasteiger partial charge in [-0.2, -0.15) is 13.2 Å². The molecule has 1 aromatic heterocycles. The minimum atomic E-state index is -4.81. The highest BCUT2D eigenvalue weighted by molar-refractivity contribution is 5.48. The Hall–Kier alpha value is -1.99. The first-order valence-corrected chi connectivity index (χ1v) is 11.0. The molecule has 7 heteroatoms. The van der Waals surface area contributed by atoms with Crippen molar-refractivity contribution in [2.75, 3.05) is 0 Å². The average molecular weight is 456 g/mol. The topological polar surface area (TPSA) is 53.4 Å². The summed E-state index contributed by atoms with van der Waals surface area (Å²) in [6, 6.07) is 2.44. The molecule has 0 amide bonds. The SMILES string of the molecule is CC.Cc1c2c(nc(C(C)C)c1[C@@H](O)c1ccc(C(F)(F)F)c(F)c1)CC(C)(C)CC2O. The number of fused-ring (bicyclic) bond motifs is 1. The Labute approximate surface area is 187 Å². The van der Waals surface area contributed by atoms with Gasteiger partial charge in [0.2, 0.25) is 0 Å². The van der Waals surface area contributed by atoms with Crippen LogP contribution in [0.25, 0.3) is 0 Å². The van der Waals surface area contributed by atoms with Crippen LogP contribution >= 0.6 is 0 Å². The van der Waals surface area contributed by atoms with Crippen LogP contribution in [0.4, 0.5) is 17.6 Å². The Kier molecular flexibility index (Phi) is 7.78. The van der Waals surface area contributed by atoms with E-state index in [1.54, 1.807) is 6.92 Å². The van der Waals surface area contributed by atoms with E-state index in [4.69, 9.17) is 4.98 Å². The lowest BCUT2D eigenvalue weighted by Crippen LogP contribution is -2.29. The number of benzene rings is 1. The third kappa shape index (κ3) is 5.15. The quantitative estimate of drug-likeness (QED) is 0.501. The molecule has 1 aliphatic rings. The van der Waals surface area contributed by atoms with Gasteiger partial charge in [0.05, 0.1) is 11.7 Å². The van der Waals surface area contributed by atoms with Crippen LogP contribution < -0.4 is 0 Å². The van der Waals surface area contributed by atoms with Gasteiger partial charge in [0.1, 0.15) is 11.9 Å². The molecule has 0 saturated heterocycles. The zero-order chi connectivity index (χ0) is 24.6. The maximum Gasteiger partial charge on any atom is 0.419 e. The van der Waals surface area contributed by atoms with Crippen LogP contribution in [0.5, 0.6) is 0 Å². The molecule has 1 unspecified atom stereocenters. The molecular weight excluding hydrogens is 422 g/mol. The summed E-state index contributed by atoms with van der Waals surface area (Å²) in [7, 11) is 0. The first-order valence-electron chi connectivity index (χ1n) is 11.0. The van der Waals surface area contributed by atoms with Crippen LogP contribution in [0.15, 0.2) is 18.2 Å². The van der Waals surface area contributed by atoms with E-state index in [0.29, 0.717) is 41.3 Å². The Balaban J connectivity index is 0.00000176. The number of pyridine rings is 1. The van der Waals surface area contributed by atoms with Crippen molar-refractivity contribution in [2.24, 2.45) is 5.41 Å². The summed E-state index contributed by atoms with van der Waals surface area (Å²) in [4.78, 5) is 4.75. The lowest BCUT2D eigenvalue weighted by molar-refractivity contribution is -0.140. The Morgan fingerprint density at radius 2 is 1.75 bits per heavy atom. The van der Waals surface area contributed by atoms with E-state index >= 15 is 0 Å². The Morgan fingerprint density at radius 3 is 2.25 bits per heavy atom. The van der Waals surface area contributed by atoms with Crippen LogP contribution in [0.2, 0.25) is 0 Å². The molecule has 0 fully saturated rings. The number of aliphatic hydroxyl groups excluding tert-OH is 2. The molecule has 3 nitrogen and oxygen atoms in total. The number of aliphatic hydroxyl groups is 2. The lowest BCUT2D eigenvalue weighted by Gasteiger charge is -2.36.